The fourth-order valence-electron chi connectivity index (χ4n) is 1.09. The van der Waals surface area contributed by atoms with E-state index in [9.17, 15) is 0 Å². The van der Waals surface area contributed by atoms with Crippen molar-refractivity contribution in [2.75, 3.05) is 0 Å². The lowest BCUT2D eigenvalue weighted by atomic mass is 10.1. The van der Waals surface area contributed by atoms with Crippen LogP contribution in [0.3, 0.4) is 0 Å². The van der Waals surface area contributed by atoms with Crippen LogP contribution >= 0.6 is 27.7 Å². The summed E-state index contributed by atoms with van der Waals surface area (Å²) < 4.78 is 1.52. The van der Waals surface area contributed by atoms with Crippen molar-refractivity contribution < 1.29 is 0 Å². The highest BCUT2D eigenvalue weighted by atomic mass is 79.9. The van der Waals surface area contributed by atoms with E-state index in [1.807, 2.05) is 25.6 Å². The van der Waals surface area contributed by atoms with E-state index in [1.54, 1.807) is 0 Å². The second-order valence-electron chi connectivity index (χ2n) is 4.47. The Bertz CT molecular complexity index is 313. The predicted molar refractivity (Wildman–Crippen MR) is 81.3 cm³/mol. The van der Waals surface area contributed by atoms with Crippen molar-refractivity contribution in [1.29, 1.82) is 0 Å². The molecule has 16 heavy (non-hydrogen) atoms. The summed E-state index contributed by atoms with van der Waals surface area (Å²) in [6.45, 7) is 12.9. The minimum absolute atomic E-state index is 0.342. The Hall–Kier alpha value is 0.0500. The summed E-state index contributed by atoms with van der Waals surface area (Å²) in [6, 6.07) is 6.48. The predicted octanol–water partition coefficient (Wildman–Crippen LogP) is 5.82. The highest BCUT2D eigenvalue weighted by Crippen LogP contribution is 2.29. The Morgan fingerprint density at radius 1 is 1.19 bits per heavy atom. The van der Waals surface area contributed by atoms with Gasteiger partial charge in [-0.2, -0.15) is 11.8 Å². The molecule has 0 spiro atoms. The molecule has 0 aromatic heterocycles. The van der Waals surface area contributed by atoms with Gasteiger partial charge in [0, 0.05) is 15.0 Å². The van der Waals surface area contributed by atoms with Crippen molar-refractivity contribution >= 4 is 27.7 Å². The molecule has 0 aliphatic carbocycles. The third-order valence-electron chi connectivity index (χ3n) is 1.97. The first-order valence-electron chi connectivity index (χ1n) is 5.77. The maximum absolute atomic E-state index is 3.51. The zero-order valence-electron chi connectivity index (χ0n) is 11.2. The largest absolute Gasteiger partial charge is 0.151 e. The van der Waals surface area contributed by atoms with E-state index < -0.39 is 0 Å². The Balaban J connectivity index is 0.00000106. The molecule has 0 saturated heterocycles. The summed E-state index contributed by atoms with van der Waals surface area (Å²) in [6.07, 6.45) is 0. The molecule has 1 aromatic carbocycles. The molecule has 1 rings (SSSR count). The number of benzene rings is 1. The normalized spacial score (nSPS) is 10.7. The van der Waals surface area contributed by atoms with Crippen LogP contribution in [0.1, 0.15) is 45.7 Å². The van der Waals surface area contributed by atoms with E-state index in [1.165, 1.54) is 15.6 Å². The van der Waals surface area contributed by atoms with Gasteiger partial charge < -0.3 is 0 Å². The van der Waals surface area contributed by atoms with E-state index >= 15 is 0 Å². The van der Waals surface area contributed by atoms with Gasteiger partial charge in [-0.1, -0.05) is 56.6 Å². The topological polar surface area (TPSA) is 0 Å². The fourth-order valence-corrected chi connectivity index (χ4v) is 2.40. The van der Waals surface area contributed by atoms with Gasteiger partial charge in [0.15, 0.2) is 0 Å². The molecule has 0 N–H and O–H groups in total. The van der Waals surface area contributed by atoms with E-state index in [4.69, 9.17) is 0 Å². The summed E-state index contributed by atoms with van der Waals surface area (Å²) in [5, 5.41) is 0. The van der Waals surface area contributed by atoms with Gasteiger partial charge in [0.05, 0.1) is 0 Å². The zero-order valence-corrected chi connectivity index (χ0v) is 13.6. The molecule has 2 heteroatoms. The monoisotopic (exact) mass is 302 g/mol. The lowest BCUT2D eigenvalue weighted by molar-refractivity contribution is 0.802. The highest BCUT2D eigenvalue weighted by Gasteiger charge is 2.11. The van der Waals surface area contributed by atoms with Gasteiger partial charge in [0.25, 0.3) is 0 Å². The molecule has 0 bridgehead atoms. The van der Waals surface area contributed by atoms with Crippen LogP contribution in [-0.2, 0) is 5.75 Å². The van der Waals surface area contributed by atoms with E-state index in [0.29, 0.717) is 4.75 Å². The average molecular weight is 303 g/mol. The first kappa shape index (κ1) is 16.1. The fraction of sp³-hybridized carbons (Fsp3) is 0.571. The molecule has 0 fully saturated rings. The van der Waals surface area contributed by atoms with Crippen LogP contribution in [0.4, 0.5) is 0 Å². The van der Waals surface area contributed by atoms with Crippen molar-refractivity contribution in [3.8, 4) is 0 Å². The Morgan fingerprint density at radius 3 is 2.25 bits per heavy atom. The third kappa shape index (κ3) is 6.59. The van der Waals surface area contributed by atoms with Crippen LogP contribution in [0.2, 0.25) is 0 Å². The van der Waals surface area contributed by atoms with Gasteiger partial charge in [-0.15, -0.1) is 0 Å². The number of hydrogen-bond acceptors (Lipinski definition) is 1. The molecule has 0 radical (unpaired) electrons. The van der Waals surface area contributed by atoms with Crippen LogP contribution in [0.15, 0.2) is 22.7 Å². The maximum Gasteiger partial charge on any atom is 0.0192 e. The third-order valence-corrected chi connectivity index (χ3v) is 3.79. The second-order valence-corrected chi connectivity index (χ2v) is 7.19. The first-order valence-corrected chi connectivity index (χ1v) is 7.55. The lowest BCUT2D eigenvalue weighted by Crippen LogP contribution is -2.07. The molecular weight excluding hydrogens is 280 g/mol. The van der Waals surface area contributed by atoms with Crippen molar-refractivity contribution in [3.05, 3.63) is 33.8 Å². The smallest absolute Gasteiger partial charge is 0.0192 e. The molecular formula is C14H23BrS. The molecule has 0 heterocycles. The summed E-state index contributed by atoms with van der Waals surface area (Å²) in [4.78, 5) is 0. The van der Waals surface area contributed by atoms with Gasteiger partial charge in [-0.25, -0.2) is 0 Å². The molecule has 92 valence electrons. The van der Waals surface area contributed by atoms with Crippen LogP contribution in [0, 0.1) is 6.92 Å². The number of thioether (sulfide) groups is 1. The van der Waals surface area contributed by atoms with E-state index in [2.05, 4.69) is 61.8 Å². The number of rotatable bonds is 2. The minimum Gasteiger partial charge on any atom is -0.151 e. The van der Waals surface area contributed by atoms with Crippen LogP contribution in [0.25, 0.3) is 0 Å². The highest BCUT2D eigenvalue weighted by molar-refractivity contribution is 9.10. The molecule has 1 aromatic rings. The minimum atomic E-state index is 0.342. The van der Waals surface area contributed by atoms with Crippen LogP contribution < -0.4 is 0 Å². The van der Waals surface area contributed by atoms with Gasteiger partial charge in [0.2, 0.25) is 0 Å². The van der Waals surface area contributed by atoms with E-state index in [0.717, 1.165) is 5.75 Å². The standard InChI is InChI=1S/C12H17BrS.C2H6/c1-9-5-6-11(13)7-10(9)8-14-12(2,3)4;1-2/h5-7H,8H2,1-4H3;1-2H3. The zero-order chi connectivity index (χ0) is 12.8. The van der Waals surface area contributed by atoms with Crippen molar-refractivity contribution in [1.82, 2.24) is 0 Å². The van der Waals surface area contributed by atoms with Crippen molar-refractivity contribution in [2.24, 2.45) is 0 Å². The van der Waals surface area contributed by atoms with Gasteiger partial charge >= 0.3 is 0 Å². The maximum atomic E-state index is 3.51. The molecule has 0 amide bonds. The Kier molecular flexibility index (Phi) is 7.41. The summed E-state index contributed by atoms with van der Waals surface area (Å²) in [7, 11) is 0. The lowest BCUT2D eigenvalue weighted by Gasteiger charge is -2.18. The Labute approximate surface area is 113 Å². The molecule has 0 saturated carbocycles. The molecule has 0 aliphatic heterocycles. The van der Waals surface area contributed by atoms with Crippen LogP contribution in [0.5, 0.6) is 0 Å². The SMILES string of the molecule is CC.Cc1ccc(Br)cc1CSC(C)(C)C. The van der Waals surface area contributed by atoms with E-state index in [-0.39, 0.29) is 0 Å². The molecule has 0 atom stereocenters. The molecule has 0 unspecified atom stereocenters. The molecule has 0 nitrogen and oxygen atoms in total. The summed E-state index contributed by atoms with van der Waals surface area (Å²) in [5.74, 6) is 1.09. The Morgan fingerprint density at radius 2 is 1.75 bits per heavy atom. The van der Waals surface area contributed by atoms with Crippen molar-refractivity contribution in [3.63, 3.8) is 0 Å². The van der Waals surface area contributed by atoms with Gasteiger partial charge in [-0.3, -0.25) is 0 Å². The quantitative estimate of drug-likeness (QED) is 0.664. The average Bonchev–Trinajstić information content (AvgIpc) is 2.21. The number of hydrogen-bond donors (Lipinski definition) is 0. The number of halogens is 1. The summed E-state index contributed by atoms with van der Waals surface area (Å²) in [5.41, 5.74) is 2.81. The molecule has 0 aliphatic rings. The second kappa shape index (κ2) is 7.39. The van der Waals surface area contributed by atoms with Crippen molar-refractivity contribution in [2.45, 2.75) is 52.0 Å². The first-order chi connectivity index (χ1) is 7.38. The van der Waals surface area contributed by atoms with Gasteiger partial charge in [-0.05, 0) is 30.2 Å². The van der Waals surface area contributed by atoms with Gasteiger partial charge in [0.1, 0.15) is 0 Å². The summed E-state index contributed by atoms with van der Waals surface area (Å²) >= 11 is 5.50. The van der Waals surface area contributed by atoms with Crippen LogP contribution in [-0.4, -0.2) is 4.75 Å². The number of aryl methyl sites for hydroxylation is 1.